The lowest BCUT2D eigenvalue weighted by atomic mass is 9.99. The van der Waals surface area contributed by atoms with Crippen LogP contribution in [-0.4, -0.2) is 22.6 Å². The van der Waals surface area contributed by atoms with E-state index in [-0.39, 0.29) is 5.71 Å². The molecule has 5 heteroatoms. The summed E-state index contributed by atoms with van der Waals surface area (Å²) in [5.74, 6) is 0. The van der Waals surface area contributed by atoms with Crippen LogP contribution >= 0.6 is 0 Å². The van der Waals surface area contributed by atoms with E-state index in [9.17, 15) is 13.2 Å². The molecule has 0 radical (unpaired) electrons. The van der Waals surface area contributed by atoms with Gasteiger partial charge in [-0.05, 0) is 13.8 Å². The van der Waals surface area contributed by atoms with Crippen molar-refractivity contribution in [2.45, 2.75) is 32.0 Å². The summed E-state index contributed by atoms with van der Waals surface area (Å²) in [6.45, 7) is 1.88. The van der Waals surface area contributed by atoms with E-state index < -0.39 is 18.2 Å². The van der Waals surface area contributed by atoms with Crippen molar-refractivity contribution in [2.24, 2.45) is 0 Å². The van der Waals surface area contributed by atoms with Crippen molar-refractivity contribution >= 4 is 5.71 Å². The maximum Gasteiger partial charge on any atom is 0.417 e. The van der Waals surface area contributed by atoms with Crippen LogP contribution < -0.4 is 0 Å². The number of hydrogen-bond donors (Lipinski definition) is 2. The van der Waals surface area contributed by atoms with Crippen LogP contribution in [-0.2, 0) is 0 Å². The molecule has 1 unspecified atom stereocenters. The second-order valence-corrected chi connectivity index (χ2v) is 2.73. The van der Waals surface area contributed by atoms with Gasteiger partial charge in [-0.25, -0.2) is 0 Å². The number of hydrogen-bond acceptors (Lipinski definition) is 2. The Balaban J connectivity index is 4.34. The van der Waals surface area contributed by atoms with Gasteiger partial charge >= 0.3 is 6.18 Å². The molecule has 0 heterocycles. The lowest BCUT2D eigenvalue weighted by Crippen LogP contribution is -2.43. The third kappa shape index (κ3) is 2.88. The Bertz CT molecular complexity index is 162. The normalized spacial score (nSPS) is 17.6. The van der Waals surface area contributed by atoms with Gasteiger partial charge in [0.05, 0.1) is 0 Å². The predicted molar refractivity (Wildman–Crippen MR) is 34.7 cm³/mol. The van der Waals surface area contributed by atoms with E-state index in [0.717, 1.165) is 0 Å². The summed E-state index contributed by atoms with van der Waals surface area (Å²) in [6, 6.07) is 0. The molecule has 0 aromatic rings. The summed E-state index contributed by atoms with van der Waals surface area (Å²) >= 11 is 0. The quantitative estimate of drug-likeness (QED) is 0.607. The fourth-order valence-electron chi connectivity index (χ4n) is 0.617. The van der Waals surface area contributed by atoms with Crippen molar-refractivity contribution < 1.29 is 18.3 Å². The van der Waals surface area contributed by atoms with Gasteiger partial charge in [0.2, 0.25) is 0 Å². The van der Waals surface area contributed by atoms with Crippen LogP contribution in [0.2, 0.25) is 0 Å². The zero-order chi connectivity index (χ0) is 9.28. The number of halogens is 3. The number of rotatable bonds is 2. The molecule has 0 aliphatic carbocycles. The van der Waals surface area contributed by atoms with Crippen LogP contribution in [0, 0.1) is 5.41 Å². The Morgan fingerprint density at radius 3 is 1.91 bits per heavy atom. The molecule has 0 fully saturated rings. The molecule has 0 aromatic carbocycles. The van der Waals surface area contributed by atoms with E-state index in [1.807, 2.05) is 0 Å². The first-order valence-electron chi connectivity index (χ1n) is 3.00. The molecular weight excluding hydrogens is 159 g/mol. The third-order valence-corrected chi connectivity index (χ3v) is 1.22. The van der Waals surface area contributed by atoms with E-state index in [1.54, 1.807) is 0 Å². The fraction of sp³-hybridized carbons (Fsp3) is 0.833. The SMILES string of the molecule is CC(=N)CC(C)(O)C(F)(F)F. The lowest BCUT2D eigenvalue weighted by Gasteiger charge is -2.25. The summed E-state index contributed by atoms with van der Waals surface area (Å²) in [7, 11) is 0. The number of nitrogens with one attached hydrogen (secondary N) is 1. The maximum absolute atomic E-state index is 11.8. The van der Waals surface area contributed by atoms with Crippen molar-refractivity contribution in [2.75, 3.05) is 0 Å². The van der Waals surface area contributed by atoms with E-state index in [0.29, 0.717) is 6.92 Å². The summed E-state index contributed by atoms with van der Waals surface area (Å²) < 4.78 is 35.5. The van der Waals surface area contributed by atoms with E-state index in [2.05, 4.69) is 0 Å². The first kappa shape index (κ1) is 10.4. The molecule has 0 rings (SSSR count). The molecule has 0 saturated heterocycles. The van der Waals surface area contributed by atoms with Crippen LogP contribution in [0.5, 0.6) is 0 Å². The molecule has 0 bridgehead atoms. The number of aliphatic hydroxyl groups is 1. The predicted octanol–water partition coefficient (Wildman–Crippen LogP) is 1.73. The largest absolute Gasteiger partial charge is 0.417 e. The molecule has 0 aliphatic rings. The molecule has 1 atom stereocenters. The lowest BCUT2D eigenvalue weighted by molar-refractivity contribution is -0.249. The highest BCUT2D eigenvalue weighted by Gasteiger charge is 2.49. The van der Waals surface area contributed by atoms with Crippen molar-refractivity contribution in [3.8, 4) is 0 Å². The van der Waals surface area contributed by atoms with Crippen molar-refractivity contribution in [3.63, 3.8) is 0 Å². The summed E-state index contributed by atoms with van der Waals surface area (Å²) in [5.41, 5.74) is -2.95. The zero-order valence-corrected chi connectivity index (χ0v) is 6.29. The van der Waals surface area contributed by atoms with E-state index >= 15 is 0 Å². The van der Waals surface area contributed by atoms with E-state index in [1.165, 1.54) is 6.92 Å². The standard InChI is InChI=1S/C6H10F3NO/c1-4(10)3-5(2,11)6(7,8)9/h10-11H,3H2,1-2H3. The molecule has 11 heavy (non-hydrogen) atoms. The molecule has 2 N–H and O–H groups in total. The van der Waals surface area contributed by atoms with Gasteiger partial charge < -0.3 is 10.5 Å². The molecule has 66 valence electrons. The van der Waals surface area contributed by atoms with Crippen LogP contribution in [0.3, 0.4) is 0 Å². The average Bonchev–Trinajstić information content (AvgIpc) is 1.56. The van der Waals surface area contributed by atoms with Crippen LogP contribution in [0.15, 0.2) is 0 Å². The Morgan fingerprint density at radius 2 is 1.82 bits per heavy atom. The van der Waals surface area contributed by atoms with Gasteiger partial charge in [0.1, 0.15) is 0 Å². The van der Waals surface area contributed by atoms with Gasteiger partial charge in [0.15, 0.2) is 5.60 Å². The fourth-order valence-corrected chi connectivity index (χ4v) is 0.617. The third-order valence-electron chi connectivity index (χ3n) is 1.22. The first-order valence-corrected chi connectivity index (χ1v) is 3.00. The molecule has 0 aliphatic heterocycles. The first-order chi connectivity index (χ1) is 4.67. The number of alkyl halides is 3. The average molecular weight is 169 g/mol. The minimum atomic E-state index is -4.66. The molecule has 0 amide bonds. The van der Waals surface area contributed by atoms with E-state index in [4.69, 9.17) is 10.5 Å². The maximum atomic E-state index is 11.8. The highest BCUT2D eigenvalue weighted by atomic mass is 19.4. The topological polar surface area (TPSA) is 44.1 Å². The van der Waals surface area contributed by atoms with Crippen molar-refractivity contribution in [3.05, 3.63) is 0 Å². The Morgan fingerprint density at radius 1 is 1.45 bits per heavy atom. The van der Waals surface area contributed by atoms with Crippen molar-refractivity contribution in [1.29, 1.82) is 5.41 Å². The van der Waals surface area contributed by atoms with Gasteiger partial charge in [0, 0.05) is 12.1 Å². The van der Waals surface area contributed by atoms with Crippen LogP contribution in [0.25, 0.3) is 0 Å². The van der Waals surface area contributed by atoms with Gasteiger partial charge in [-0.1, -0.05) is 0 Å². The molecule has 0 saturated carbocycles. The Labute approximate surface area is 62.5 Å². The van der Waals surface area contributed by atoms with Gasteiger partial charge in [-0.2, -0.15) is 13.2 Å². The Kier molecular flexibility index (Phi) is 2.66. The minimum Gasteiger partial charge on any atom is -0.380 e. The summed E-state index contributed by atoms with van der Waals surface area (Å²) in [5, 5.41) is 15.5. The summed E-state index contributed by atoms with van der Waals surface area (Å²) in [4.78, 5) is 0. The highest BCUT2D eigenvalue weighted by molar-refractivity contribution is 5.79. The molecule has 2 nitrogen and oxygen atoms in total. The molecule has 0 spiro atoms. The molecular formula is C6H10F3NO. The summed E-state index contributed by atoms with van der Waals surface area (Å²) in [6.07, 6.45) is -5.33. The second kappa shape index (κ2) is 2.81. The second-order valence-electron chi connectivity index (χ2n) is 2.73. The van der Waals surface area contributed by atoms with Gasteiger partial charge in [-0.15, -0.1) is 0 Å². The van der Waals surface area contributed by atoms with Crippen molar-refractivity contribution in [1.82, 2.24) is 0 Å². The minimum absolute atomic E-state index is 0.188. The van der Waals surface area contributed by atoms with Crippen LogP contribution in [0.4, 0.5) is 13.2 Å². The Hall–Kier alpha value is -0.580. The zero-order valence-electron chi connectivity index (χ0n) is 6.29. The smallest absolute Gasteiger partial charge is 0.380 e. The van der Waals surface area contributed by atoms with Gasteiger partial charge in [0.25, 0.3) is 0 Å². The van der Waals surface area contributed by atoms with Gasteiger partial charge in [-0.3, -0.25) is 0 Å². The highest BCUT2D eigenvalue weighted by Crippen LogP contribution is 2.32. The van der Waals surface area contributed by atoms with Crippen LogP contribution in [0.1, 0.15) is 20.3 Å². The monoisotopic (exact) mass is 169 g/mol. The molecule has 0 aromatic heterocycles.